The van der Waals surface area contributed by atoms with Gasteiger partial charge in [-0.15, -0.1) is 0 Å². The number of benzene rings is 2. The molecule has 1 aromatic heterocycles. The third-order valence-electron chi connectivity index (χ3n) is 6.35. The molecule has 2 aromatic carbocycles. The fourth-order valence-electron chi connectivity index (χ4n) is 4.14. The van der Waals surface area contributed by atoms with Crippen LogP contribution in [0, 0.1) is 5.41 Å². The number of aromatic nitrogens is 1. The van der Waals surface area contributed by atoms with Gasteiger partial charge in [0.15, 0.2) is 0 Å². The number of methoxy groups -OCH3 is 1. The topological polar surface area (TPSA) is 130 Å². The molecule has 0 fully saturated rings. The molecule has 0 aliphatic heterocycles. The van der Waals surface area contributed by atoms with E-state index >= 15 is 0 Å². The second-order valence-corrected chi connectivity index (χ2v) is 10.6. The van der Waals surface area contributed by atoms with Gasteiger partial charge in [-0.3, -0.25) is 15.2 Å². The lowest BCUT2D eigenvalue weighted by Gasteiger charge is -2.34. The summed E-state index contributed by atoms with van der Waals surface area (Å²) in [6, 6.07) is 21.8. The average Bonchev–Trinajstić information content (AvgIpc) is 2.92. The van der Waals surface area contributed by atoms with E-state index in [1.54, 1.807) is 11.2 Å². The monoisotopic (exact) mass is 533 g/mol. The van der Waals surface area contributed by atoms with Crippen molar-refractivity contribution in [3.8, 4) is 11.3 Å². The molecule has 5 N–H and O–H groups in total. The molecule has 0 bridgehead atoms. The molecule has 39 heavy (non-hydrogen) atoms. The van der Waals surface area contributed by atoms with E-state index in [4.69, 9.17) is 10.5 Å². The van der Waals surface area contributed by atoms with Gasteiger partial charge in [0.1, 0.15) is 6.04 Å². The summed E-state index contributed by atoms with van der Waals surface area (Å²) < 4.78 is 4.72. The number of ether oxygens (including phenoxy) is 1. The number of aliphatic hydroxyl groups excluding tert-OH is 1. The number of carbonyl (C=O) groups is 2. The van der Waals surface area contributed by atoms with E-state index in [2.05, 4.69) is 15.7 Å². The van der Waals surface area contributed by atoms with Crippen LogP contribution >= 0.6 is 0 Å². The Kier molecular flexibility index (Phi) is 10.6. The number of hydrogen-bond acceptors (Lipinski definition) is 7. The van der Waals surface area contributed by atoms with Gasteiger partial charge in [0.2, 0.25) is 0 Å². The second kappa shape index (κ2) is 13.8. The Labute approximate surface area is 230 Å². The number of amides is 2. The molecule has 0 saturated carbocycles. The first-order chi connectivity index (χ1) is 18.6. The lowest BCUT2D eigenvalue weighted by molar-refractivity contribution is -0.131. The van der Waals surface area contributed by atoms with Gasteiger partial charge < -0.3 is 20.9 Å². The Morgan fingerprint density at radius 3 is 2.26 bits per heavy atom. The van der Waals surface area contributed by atoms with E-state index < -0.39 is 35.6 Å². The summed E-state index contributed by atoms with van der Waals surface area (Å²) in [6.45, 7) is 5.92. The number of alkyl carbamates (subject to hydrolysis) is 1. The van der Waals surface area contributed by atoms with Gasteiger partial charge in [0.05, 0.1) is 18.9 Å². The summed E-state index contributed by atoms with van der Waals surface area (Å²) >= 11 is 0. The molecular formula is C30H39N5O4. The van der Waals surface area contributed by atoms with Crippen LogP contribution in [0.4, 0.5) is 4.79 Å². The lowest BCUT2D eigenvalue weighted by Crippen LogP contribution is -2.58. The summed E-state index contributed by atoms with van der Waals surface area (Å²) in [5.74, 6) is -0.429. The number of hydrazine groups is 1. The molecular weight excluding hydrogens is 494 g/mol. The van der Waals surface area contributed by atoms with Crippen LogP contribution in [0.5, 0.6) is 0 Å². The maximum absolute atomic E-state index is 13.4. The third kappa shape index (κ3) is 9.17. The number of nitrogens with two attached hydrogens (primary N) is 1. The van der Waals surface area contributed by atoms with Crippen molar-refractivity contribution in [2.45, 2.75) is 51.9 Å². The molecule has 208 valence electrons. The molecule has 0 spiro atoms. The number of carbonyl (C=O) groups excluding carboxylic acids is 2. The van der Waals surface area contributed by atoms with Crippen molar-refractivity contribution in [2.24, 2.45) is 11.1 Å². The average molecular weight is 534 g/mol. The highest BCUT2D eigenvalue weighted by Crippen LogP contribution is 2.21. The van der Waals surface area contributed by atoms with Crippen molar-refractivity contribution in [1.82, 2.24) is 20.7 Å². The van der Waals surface area contributed by atoms with Crippen LogP contribution in [-0.2, 0) is 22.5 Å². The molecule has 0 unspecified atom stereocenters. The van der Waals surface area contributed by atoms with Crippen LogP contribution in [-0.4, -0.2) is 58.9 Å². The molecule has 3 aromatic rings. The molecule has 0 aliphatic rings. The maximum Gasteiger partial charge on any atom is 0.407 e. The highest BCUT2D eigenvalue weighted by atomic mass is 16.5. The van der Waals surface area contributed by atoms with Crippen molar-refractivity contribution >= 4 is 12.0 Å². The molecule has 3 rings (SSSR count). The van der Waals surface area contributed by atoms with Gasteiger partial charge >= 0.3 is 6.09 Å². The molecule has 0 radical (unpaired) electrons. The molecule has 3 atom stereocenters. The van der Waals surface area contributed by atoms with Crippen LogP contribution in [0.3, 0.4) is 0 Å². The van der Waals surface area contributed by atoms with Gasteiger partial charge in [0, 0.05) is 30.9 Å². The minimum Gasteiger partial charge on any atom is -0.453 e. The Balaban J connectivity index is 1.78. The Morgan fingerprint density at radius 1 is 1.00 bits per heavy atom. The van der Waals surface area contributed by atoms with Crippen LogP contribution < -0.4 is 16.5 Å². The van der Waals surface area contributed by atoms with Gasteiger partial charge in [-0.2, -0.15) is 0 Å². The zero-order chi connectivity index (χ0) is 28.4. The van der Waals surface area contributed by atoms with Crippen LogP contribution in [0.2, 0.25) is 0 Å². The van der Waals surface area contributed by atoms with E-state index in [9.17, 15) is 14.7 Å². The van der Waals surface area contributed by atoms with Crippen molar-refractivity contribution in [1.29, 1.82) is 0 Å². The number of hydrogen-bond donors (Lipinski definition) is 4. The summed E-state index contributed by atoms with van der Waals surface area (Å²) in [6.07, 6.45) is 0.595. The van der Waals surface area contributed by atoms with Crippen molar-refractivity contribution < 1.29 is 19.4 Å². The standard InChI is InChI=1S/C30H39N5O4/c1-30(2,3)27(33-29(38)39-4)28(37)34-35(20-26(36)24(31)18-21-10-6-5-7-11-21)19-22-13-15-23(16-14-22)25-12-8-9-17-32-25/h5-17,24,26-27,36H,18-20,31H2,1-4H3,(H,33,38)(H,34,37)/t24-,26+,27+/m0/s1. The summed E-state index contributed by atoms with van der Waals surface area (Å²) in [5, 5.41) is 15.2. The highest BCUT2D eigenvalue weighted by Gasteiger charge is 2.34. The fraction of sp³-hybridized carbons (Fsp3) is 0.367. The molecule has 0 saturated heterocycles. The molecule has 0 aliphatic carbocycles. The maximum atomic E-state index is 13.4. The van der Waals surface area contributed by atoms with E-state index in [1.165, 1.54) is 7.11 Å². The van der Waals surface area contributed by atoms with Crippen molar-refractivity contribution in [3.05, 3.63) is 90.1 Å². The first-order valence-corrected chi connectivity index (χ1v) is 12.9. The quantitative estimate of drug-likeness (QED) is 0.278. The predicted molar refractivity (Wildman–Crippen MR) is 151 cm³/mol. The second-order valence-electron chi connectivity index (χ2n) is 10.6. The number of pyridine rings is 1. The van der Waals surface area contributed by atoms with E-state index in [0.717, 1.165) is 22.4 Å². The minimum absolute atomic E-state index is 0.0802. The predicted octanol–water partition coefficient (Wildman–Crippen LogP) is 3.28. The van der Waals surface area contributed by atoms with Crippen molar-refractivity contribution in [2.75, 3.05) is 13.7 Å². The molecule has 9 heteroatoms. The number of rotatable bonds is 11. The van der Waals surface area contributed by atoms with Gasteiger partial charge in [0.25, 0.3) is 5.91 Å². The number of nitrogens with one attached hydrogen (secondary N) is 2. The number of nitrogens with zero attached hydrogens (tertiary/aromatic N) is 2. The fourth-order valence-corrected chi connectivity index (χ4v) is 4.14. The molecule has 2 amide bonds. The molecule has 9 nitrogen and oxygen atoms in total. The molecule has 1 heterocycles. The summed E-state index contributed by atoms with van der Waals surface area (Å²) in [7, 11) is 1.25. The SMILES string of the molecule is COC(=O)N[C@H](C(=O)NN(Cc1ccc(-c2ccccn2)cc1)C[C@@H](O)[C@@H](N)Cc1ccccc1)C(C)(C)C. The van der Waals surface area contributed by atoms with E-state index in [0.29, 0.717) is 13.0 Å². The summed E-state index contributed by atoms with van der Waals surface area (Å²) in [4.78, 5) is 29.7. The minimum atomic E-state index is -0.931. The largest absolute Gasteiger partial charge is 0.453 e. The van der Waals surface area contributed by atoms with Gasteiger partial charge in [-0.25, -0.2) is 9.80 Å². The van der Waals surface area contributed by atoms with Crippen molar-refractivity contribution in [3.63, 3.8) is 0 Å². The van der Waals surface area contributed by atoms with Gasteiger partial charge in [-0.05, 0) is 35.1 Å². The summed E-state index contributed by atoms with van der Waals surface area (Å²) in [5.41, 5.74) is 12.4. The van der Waals surface area contributed by atoms with E-state index in [1.807, 2.05) is 93.6 Å². The van der Waals surface area contributed by atoms with Crippen LogP contribution in [0.15, 0.2) is 79.0 Å². The Bertz CT molecular complexity index is 1180. The first kappa shape index (κ1) is 29.8. The van der Waals surface area contributed by atoms with E-state index in [-0.39, 0.29) is 6.54 Å². The highest BCUT2D eigenvalue weighted by molar-refractivity contribution is 5.86. The lowest BCUT2D eigenvalue weighted by atomic mass is 9.86. The number of aliphatic hydroxyl groups is 1. The Hall–Kier alpha value is -3.79. The normalized spacial score (nSPS) is 13.8. The van der Waals surface area contributed by atoms with Gasteiger partial charge in [-0.1, -0.05) is 81.4 Å². The van der Waals surface area contributed by atoms with Crippen LogP contribution in [0.1, 0.15) is 31.9 Å². The smallest absolute Gasteiger partial charge is 0.407 e. The Morgan fingerprint density at radius 2 is 1.67 bits per heavy atom. The first-order valence-electron chi connectivity index (χ1n) is 12.9. The third-order valence-corrected chi connectivity index (χ3v) is 6.35. The zero-order valence-corrected chi connectivity index (χ0v) is 23.0. The van der Waals surface area contributed by atoms with Crippen LogP contribution in [0.25, 0.3) is 11.3 Å². The zero-order valence-electron chi connectivity index (χ0n) is 23.0.